The first kappa shape index (κ1) is 22.4. The van der Waals surface area contributed by atoms with E-state index in [1.165, 1.54) is 0 Å². The Balaban J connectivity index is 1.63. The third-order valence-corrected chi connectivity index (χ3v) is 6.66. The molecule has 0 amide bonds. The standard InChI is InChI=1S/C30H22N6O/c1-36-19-35-18-27(36)30(32,25-8-6-20(15-31)7-9-25)28-14-24-12-23(21-4-2-10-33-16-21)13-26(29(24)37-28)22-5-3-11-34-17-22/h2-14,16-19H,32H2,1H3. The number of fused-ring (bicyclic) bond motifs is 1. The number of hydrogen-bond acceptors (Lipinski definition) is 6. The van der Waals surface area contributed by atoms with E-state index in [-0.39, 0.29) is 0 Å². The lowest BCUT2D eigenvalue weighted by Gasteiger charge is -2.28. The van der Waals surface area contributed by atoms with Crippen LogP contribution >= 0.6 is 0 Å². The Morgan fingerprint density at radius 2 is 1.59 bits per heavy atom. The molecule has 0 fully saturated rings. The molecule has 6 aromatic rings. The SMILES string of the molecule is Cn1cncc1C(N)(c1ccc(C#N)cc1)c1cc2cc(-c3cccnc3)cc(-c3cccnc3)c2o1. The predicted octanol–water partition coefficient (Wildman–Crippen LogP) is 5.41. The van der Waals surface area contributed by atoms with Gasteiger partial charge >= 0.3 is 0 Å². The van der Waals surface area contributed by atoms with Gasteiger partial charge in [0.25, 0.3) is 0 Å². The van der Waals surface area contributed by atoms with Crippen LogP contribution in [-0.4, -0.2) is 19.5 Å². The molecule has 1 atom stereocenters. The Labute approximate surface area is 213 Å². The molecular formula is C30H22N6O. The van der Waals surface area contributed by atoms with Gasteiger partial charge in [-0.3, -0.25) is 9.97 Å². The van der Waals surface area contributed by atoms with E-state index in [2.05, 4.69) is 33.2 Å². The molecular weight excluding hydrogens is 460 g/mol. The summed E-state index contributed by atoms with van der Waals surface area (Å²) in [5.74, 6) is 0.560. The molecule has 0 aliphatic rings. The minimum atomic E-state index is -1.15. The van der Waals surface area contributed by atoms with Crippen LogP contribution in [0.1, 0.15) is 22.6 Å². The fraction of sp³-hybridized carbons (Fsp3) is 0.0667. The molecule has 0 saturated carbocycles. The third-order valence-electron chi connectivity index (χ3n) is 6.66. The number of aromatic nitrogens is 4. The Kier molecular flexibility index (Phi) is 5.37. The molecule has 0 bridgehead atoms. The maximum Gasteiger partial charge on any atom is 0.142 e. The number of aryl methyl sites for hydroxylation is 1. The highest BCUT2D eigenvalue weighted by atomic mass is 16.3. The smallest absolute Gasteiger partial charge is 0.142 e. The summed E-state index contributed by atoms with van der Waals surface area (Å²) >= 11 is 0. The molecule has 0 aliphatic carbocycles. The number of rotatable bonds is 5. The van der Waals surface area contributed by atoms with Crippen molar-refractivity contribution in [1.82, 2.24) is 19.5 Å². The van der Waals surface area contributed by atoms with Gasteiger partial charge in [0.15, 0.2) is 0 Å². The molecule has 0 spiro atoms. The van der Waals surface area contributed by atoms with Crippen LogP contribution in [0.25, 0.3) is 33.2 Å². The predicted molar refractivity (Wildman–Crippen MR) is 141 cm³/mol. The lowest BCUT2D eigenvalue weighted by molar-refractivity contribution is 0.445. The molecule has 2 aromatic carbocycles. The summed E-state index contributed by atoms with van der Waals surface area (Å²) in [6, 6.07) is 23.4. The highest BCUT2D eigenvalue weighted by Crippen LogP contribution is 2.41. The van der Waals surface area contributed by atoms with E-state index in [0.717, 1.165) is 38.9 Å². The average Bonchev–Trinajstić information content (AvgIpc) is 3.60. The van der Waals surface area contributed by atoms with Crippen LogP contribution in [0, 0.1) is 11.3 Å². The zero-order chi connectivity index (χ0) is 25.4. The fourth-order valence-electron chi connectivity index (χ4n) is 4.75. The maximum atomic E-state index is 9.31. The molecule has 178 valence electrons. The topological polar surface area (TPSA) is 107 Å². The first-order valence-corrected chi connectivity index (χ1v) is 11.7. The largest absolute Gasteiger partial charge is 0.458 e. The summed E-state index contributed by atoms with van der Waals surface area (Å²) in [4.78, 5) is 12.9. The van der Waals surface area contributed by atoms with Crippen molar-refractivity contribution in [2.45, 2.75) is 5.54 Å². The van der Waals surface area contributed by atoms with Gasteiger partial charge < -0.3 is 14.7 Å². The lowest BCUT2D eigenvalue weighted by Crippen LogP contribution is -2.40. The first-order chi connectivity index (χ1) is 18.1. The van der Waals surface area contributed by atoms with E-state index < -0.39 is 5.54 Å². The van der Waals surface area contributed by atoms with E-state index in [9.17, 15) is 5.26 Å². The number of furan rings is 1. The van der Waals surface area contributed by atoms with Crippen molar-refractivity contribution in [3.63, 3.8) is 0 Å². The zero-order valence-corrected chi connectivity index (χ0v) is 20.0. The number of nitriles is 1. The van der Waals surface area contributed by atoms with Crippen LogP contribution in [0.15, 0.2) is 108 Å². The van der Waals surface area contributed by atoms with Gasteiger partial charge in [0.1, 0.15) is 16.9 Å². The van der Waals surface area contributed by atoms with Crippen molar-refractivity contribution in [1.29, 1.82) is 5.26 Å². The van der Waals surface area contributed by atoms with E-state index in [0.29, 0.717) is 16.9 Å². The van der Waals surface area contributed by atoms with Crippen molar-refractivity contribution < 1.29 is 4.42 Å². The number of benzene rings is 2. The second kappa shape index (κ2) is 8.86. The van der Waals surface area contributed by atoms with Crippen LogP contribution in [-0.2, 0) is 12.6 Å². The molecule has 0 radical (unpaired) electrons. The van der Waals surface area contributed by atoms with Crippen molar-refractivity contribution in [2.75, 3.05) is 0 Å². The van der Waals surface area contributed by atoms with Gasteiger partial charge in [0, 0.05) is 53.9 Å². The highest BCUT2D eigenvalue weighted by Gasteiger charge is 2.38. The summed E-state index contributed by atoms with van der Waals surface area (Å²) in [6.07, 6.45) is 10.6. The Morgan fingerprint density at radius 3 is 2.22 bits per heavy atom. The minimum Gasteiger partial charge on any atom is -0.458 e. The molecule has 7 nitrogen and oxygen atoms in total. The molecule has 0 aliphatic heterocycles. The summed E-state index contributed by atoms with van der Waals surface area (Å²) in [6.45, 7) is 0. The Hall–Kier alpha value is -5.06. The molecule has 37 heavy (non-hydrogen) atoms. The number of hydrogen-bond donors (Lipinski definition) is 1. The van der Waals surface area contributed by atoms with Crippen molar-refractivity contribution in [3.05, 3.63) is 127 Å². The normalized spacial score (nSPS) is 12.8. The van der Waals surface area contributed by atoms with E-state index in [4.69, 9.17) is 10.2 Å². The van der Waals surface area contributed by atoms with E-state index >= 15 is 0 Å². The number of nitrogens with zero attached hydrogens (tertiary/aromatic N) is 5. The van der Waals surface area contributed by atoms with Gasteiger partial charge in [-0.05, 0) is 53.6 Å². The monoisotopic (exact) mass is 482 g/mol. The van der Waals surface area contributed by atoms with Gasteiger partial charge in [0.05, 0.1) is 29.9 Å². The molecule has 2 N–H and O–H groups in total. The molecule has 4 heterocycles. The quantitative estimate of drug-likeness (QED) is 0.352. The van der Waals surface area contributed by atoms with E-state index in [1.807, 2.05) is 66.5 Å². The summed E-state index contributed by atoms with van der Waals surface area (Å²) in [5.41, 5.74) is 12.7. The highest BCUT2D eigenvalue weighted by molar-refractivity contribution is 5.97. The Bertz CT molecular complexity index is 1750. The first-order valence-electron chi connectivity index (χ1n) is 11.7. The number of pyridine rings is 2. The lowest BCUT2D eigenvalue weighted by atomic mass is 9.84. The van der Waals surface area contributed by atoms with Crippen molar-refractivity contribution in [3.8, 4) is 28.3 Å². The summed E-state index contributed by atoms with van der Waals surface area (Å²) < 4.78 is 8.51. The van der Waals surface area contributed by atoms with Crippen LogP contribution in [0.3, 0.4) is 0 Å². The molecule has 6 rings (SSSR count). The second-order valence-electron chi connectivity index (χ2n) is 8.92. The average molecular weight is 483 g/mol. The summed E-state index contributed by atoms with van der Waals surface area (Å²) in [7, 11) is 1.90. The fourth-order valence-corrected chi connectivity index (χ4v) is 4.75. The zero-order valence-electron chi connectivity index (χ0n) is 20.0. The molecule has 4 aromatic heterocycles. The van der Waals surface area contributed by atoms with Crippen molar-refractivity contribution in [2.24, 2.45) is 12.8 Å². The minimum absolute atomic E-state index is 0.556. The molecule has 0 saturated heterocycles. The van der Waals surface area contributed by atoms with E-state index in [1.54, 1.807) is 37.1 Å². The Morgan fingerprint density at radius 1 is 0.865 bits per heavy atom. The third kappa shape index (κ3) is 3.77. The molecule has 7 heteroatoms. The van der Waals surface area contributed by atoms with Gasteiger partial charge in [-0.1, -0.05) is 24.3 Å². The maximum absolute atomic E-state index is 9.31. The van der Waals surface area contributed by atoms with Crippen molar-refractivity contribution >= 4 is 11.0 Å². The van der Waals surface area contributed by atoms with Crippen LogP contribution in [0.4, 0.5) is 0 Å². The van der Waals surface area contributed by atoms with Gasteiger partial charge in [-0.2, -0.15) is 5.26 Å². The van der Waals surface area contributed by atoms with Gasteiger partial charge in [-0.15, -0.1) is 0 Å². The number of nitrogens with two attached hydrogens (primary N) is 1. The summed E-state index contributed by atoms with van der Waals surface area (Å²) in [5, 5.41) is 10.2. The van der Waals surface area contributed by atoms with Gasteiger partial charge in [0.2, 0.25) is 0 Å². The van der Waals surface area contributed by atoms with Gasteiger partial charge in [-0.25, -0.2) is 4.98 Å². The second-order valence-corrected chi connectivity index (χ2v) is 8.92. The van der Waals surface area contributed by atoms with Crippen LogP contribution in [0.2, 0.25) is 0 Å². The van der Waals surface area contributed by atoms with Crippen LogP contribution < -0.4 is 5.73 Å². The number of imidazole rings is 1. The molecule has 1 unspecified atom stereocenters. The van der Waals surface area contributed by atoms with Crippen LogP contribution in [0.5, 0.6) is 0 Å².